The number of fused-ring (bicyclic) bond motifs is 1. The minimum Gasteiger partial charge on any atom is -0.348 e. The predicted octanol–water partition coefficient (Wildman–Crippen LogP) is 3.17. The first-order valence-electron chi connectivity index (χ1n) is 7.92. The zero-order chi connectivity index (χ0) is 15.4. The molecule has 1 unspecified atom stereocenters. The quantitative estimate of drug-likeness (QED) is 0.904. The molecule has 1 amide bonds. The summed E-state index contributed by atoms with van der Waals surface area (Å²) in [6.07, 6.45) is 3.76. The highest BCUT2D eigenvalue weighted by Gasteiger charge is 2.23. The maximum atomic E-state index is 12.4. The average Bonchev–Trinajstić information content (AvgIpc) is 2.56. The fourth-order valence-corrected chi connectivity index (χ4v) is 3.14. The second-order valence-corrected chi connectivity index (χ2v) is 5.95. The molecule has 0 heterocycles. The van der Waals surface area contributed by atoms with Crippen molar-refractivity contribution in [1.29, 1.82) is 0 Å². The van der Waals surface area contributed by atoms with Crippen LogP contribution < -0.4 is 11.1 Å². The SMILES string of the molecule is Cl.N[C@@H](Cc1ccccc1)C(=O)NC1CCCc2ccccc21. The van der Waals surface area contributed by atoms with Gasteiger partial charge in [-0.05, 0) is 42.4 Å². The molecule has 0 aliphatic heterocycles. The summed E-state index contributed by atoms with van der Waals surface area (Å²) in [4.78, 5) is 12.4. The minimum atomic E-state index is -0.503. The number of nitrogens with one attached hydrogen (secondary N) is 1. The normalized spacial score (nSPS) is 17.5. The maximum absolute atomic E-state index is 12.4. The molecule has 1 aliphatic rings. The van der Waals surface area contributed by atoms with Crippen molar-refractivity contribution in [3.8, 4) is 0 Å². The lowest BCUT2D eigenvalue weighted by atomic mass is 9.87. The van der Waals surface area contributed by atoms with Crippen LogP contribution in [-0.4, -0.2) is 11.9 Å². The van der Waals surface area contributed by atoms with Crippen LogP contribution in [0.3, 0.4) is 0 Å². The van der Waals surface area contributed by atoms with E-state index in [1.807, 2.05) is 36.4 Å². The Kier molecular flexibility index (Phi) is 6.20. The largest absolute Gasteiger partial charge is 0.348 e. The van der Waals surface area contributed by atoms with E-state index in [1.54, 1.807) is 0 Å². The zero-order valence-corrected chi connectivity index (χ0v) is 13.9. The Hall–Kier alpha value is -1.84. The molecule has 0 radical (unpaired) electrons. The van der Waals surface area contributed by atoms with E-state index >= 15 is 0 Å². The molecule has 2 aromatic carbocycles. The van der Waals surface area contributed by atoms with E-state index in [0.29, 0.717) is 6.42 Å². The van der Waals surface area contributed by atoms with Gasteiger partial charge in [0.05, 0.1) is 12.1 Å². The number of nitrogens with two attached hydrogens (primary N) is 1. The summed E-state index contributed by atoms with van der Waals surface area (Å²) < 4.78 is 0. The molecule has 4 heteroatoms. The van der Waals surface area contributed by atoms with Gasteiger partial charge in [0, 0.05) is 0 Å². The van der Waals surface area contributed by atoms with Crippen LogP contribution in [0.2, 0.25) is 0 Å². The van der Waals surface area contributed by atoms with Gasteiger partial charge in [-0.25, -0.2) is 0 Å². The molecular weight excluding hydrogens is 308 g/mol. The van der Waals surface area contributed by atoms with Crippen LogP contribution in [0.5, 0.6) is 0 Å². The highest BCUT2D eigenvalue weighted by molar-refractivity contribution is 5.85. The topological polar surface area (TPSA) is 55.1 Å². The number of rotatable bonds is 4. The standard InChI is InChI=1S/C19H22N2O.ClH/c20-17(13-14-7-2-1-3-8-14)19(22)21-18-12-6-10-15-9-4-5-11-16(15)18;/h1-5,7-9,11,17-18H,6,10,12-13,20H2,(H,21,22);1H/t17-,18?;/m0./s1. The summed E-state index contributed by atoms with van der Waals surface area (Å²) >= 11 is 0. The molecule has 0 saturated heterocycles. The van der Waals surface area contributed by atoms with Crippen molar-refractivity contribution in [1.82, 2.24) is 5.32 Å². The lowest BCUT2D eigenvalue weighted by Crippen LogP contribution is -2.44. The fraction of sp³-hybridized carbons (Fsp3) is 0.316. The molecule has 0 fully saturated rings. The molecule has 2 atom stereocenters. The van der Waals surface area contributed by atoms with Gasteiger partial charge >= 0.3 is 0 Å². The Morgan fingerprint density at radius 1 is 1.13 bits per heavy atom. The van der Waals surface area contributed by atoms with Crippen molar-refractivity contribution in [3.05, 3.63) is 71.3 Å². The van der Waals surface area contributed by atoms with Gasteiger partial charge in [-0.15, -0.1) is 12.4 Å². The van der Waals surface area contributed by atoms with E-state index in [4.69, 9.17) is 5.73 Å². The van der Waals surface area contributed by atoms with Crippen LogP contribution >= 0.6 is 12.4 Å². The Labute approximate surface area is 143 Å². The number of hydrogen-bond acceptors (Lipinski definition) is 2. The lowest BCUT2D eigenvalue weighted by molar-refractivity contribution is -0.123. The highest BCUT2D eigenvalue weighted by atomic mass is 35.5. The number of amides is 1. The first-order chi connectivity index (χ1) is 10.7. The molecule has 3 nitrogen and oxygen atoms in total. The van der Waals surface area contributed by atoms with E-state index in [2.05, 4.69) is 23.5 Å². The summed E-state index contributed by atoms with van der Waals surface area (Å²) in [5.41, 5.74) is 9.75. The number of aryl methyl sites for hydroxylation is 1. The number of halogens is 1. The van der Waals surface area contributed by atoms with Crippen molar-refractivity contribution < 1.29 is 4.79 Å². The van der Waals surface area contributed by atoms with E-state index in [-0.39, 0.29) is 24.4 Å². The Balaban J connectivity index is 0.00000192. The maximum Gasteiger partial charge on any atom is 0.237 e. The van der Waals surface area contributed by atoms with Gasteiger partial charge in [0.1, 0.15) is 0 Å². The first kappa shape index (κ1) is 17.5. The minimum absolute atomic E-state index is 0. The van der Waals surface area contributed by atoms with E-state index in [1.165, 1.54) is 11.1 Å². The van der Waals surface area contributed by atoms with Crippen molar-refractivity contribution in [2.45, 2.75) is 37.8 Å². The van der Waals surface area contributed by atoms with Gasteiger partial charge in [-0.2, -0.15) is 0 Å². The fourth-order valence-electron chi connectivity index (χ4n) is 3.14. The van der Waals surface area contributed by atoms with Crippen molar-refractivity contribution in [2.24, 2.45) is 5.73 Å². The van der Waals surface area contributed by atoms with Gasteiger partial charge < -0.3 is 11.1 Å². The van der Waals surface area contributed by atoms with Crippen LogP contribution in [0.4, 0.5) is 0 Å². The molecular formula is C19H23ClN2O. The van der Waals surface area contributed by atoms with Gasteiger partial charge in [0.2, 0.25) is 5.91 Å². The van der Waals surface area contributed by atoms with Crippen LogP contribution in [0.15, 0.2) is 54.6 Å². The smallest absolute Gasteiger partial charge is 0.237 e. The second-order valence-electron chi connectivity index (χ2n) is 5.95. The molecule has 0 spiro atoms. The van der Waals surface area contributed by atoms with Crippen molar-refractivity contribution in [3.63, 3.8) is 0 Å². The van der Waals surface area contributed by atoms with Crippen molar-refractivity contribution in [2.75, 3.05) is 0 Å². The number of carbonyl (C=O) groups excluding carboxylic acids is 1. The molecule has 2 aromatic rings. The second kappa shape index (κ2) is 8.14. The lowest BCUT2D eigenvalue weighted by Gasteiger charge is -2.27. The molecule has 0 bridgehead atoms. The highest BCUT2D eigenvalue weighted by Crippen LogP contribution is 2.29. The summed E-state index contributed by atoms with van der Waals surface area (Å²) in [6, 6.07) is 17.9. The van der Waals surface area contributed by atoms with E-state index in [9.17, 15) is 4.79 Å². The van der Waals surface area contributed by atoms with Gasteiger partial charge in [0.15, 0.2) is 0 Å². The van der Waals surface area contributed by atoms with Gasteiger partial charge in [-0.1, -0.05) is 54.6 Å². The molecule has 1 aliphatic carbocycles. The third kappa shape index (κ3) is 4.34. The molecule has 0 saturated carbocycles. The average molecular weight is 331 g/mol. The van der Waals surface area contributed by atoms with Crippen LogP contribution in [0, 0.1) is 0 Å². The third-order valence-electron chi connectivity index (χ3n) is 4.32. The Morgan fingerprint density at radius 3 is 2.61 bits per heavy atom. The predicted molar refractivity (Wildman–Crippen MR) is 95.6 cm³/mol. The van der Waals surface area contributed by atoms with Crippen LogP contribution in [0.25, 0.3) is 0 Å². The molecule has 3 N–H and O–H groups in total. The number of hydrogen-bond donors (Lipinski definition) is 2. The van der Waals surface area contributed by atoms with E-state index < -0.39 is 6.04 Å². The monoisotopic (exact) mass is 330 g/mol. The number of carbonyl (C=O) groups is 1. The number of benzene rings is 2. The molecule has 23 heavy (non-hydrogen) atoms. The molecule has 0 aromatic heterocycles. The summed E-state index contributed by atoms with van der Waals surface area (Å²) in [7, 11) is 0. The third-order valence-corrected chi connectivity index (χ3v) is 4.32. The summed E-state index contributed by atoms with van der Waals surface area (Å²) in [6.45, 7) is 0. The van der Waals surface area contributed by atoms with Crippen LogP contribution in [-0.2, 0) is 17.6 Å². The van der Waals surface area contributed by atoms with E-state index in [0.717, 1.165) is 24.8 Å². The Bertz CT molecular complexity index is 645. The molecule has 3 rings (SSSR count). The van der Waals surface area contributed by atoms with Crippen LogP contribution in [0.1, 0.15) is 35.6 Å². The zero-order valence-electron chi connectivity index (χ0n) is 13.1. The summed E-state index contributed by atoms with van der Waals surface area (Å²) in [5, 5.41) is 3.13. The first-order valence-corrected chi connectivity index (χ1v) is 7.92. The summed E-state index contributed by atoms with van der Waals surface area (Å²) in [5.74, 6) is -0.0643. The van der Waals surface area contributed by atoms with Crippen molar-refractivity contribution >= 4 is 18.3 Å². The van der Waals surface area contributed by atoms with Gasteiger partial charge in [-0.3, -0.25) is 4.79 Å². The Morgan fingerprint density at radius 2 is 1.83 bits per heavy atom. The molecule has 122 valence electrons. The van der Waals surface area contributed by atoms with Gasteiger partial charge in [0.25, 0.3) is 0 Å².